The number of benzene rings is 2. The van der Waals surface area contributed by atoms with Gasteiger partial charge in [0.2, 0.25) is 0 Å². The molecule has 0 radical (unpaired) electrons. The maximum absolute atomic E-state index is 13.7. The normalized spacial score (nSPS) is 11.8. The van der Waals surface area contributed by atoms with Crippen molar-refractivity contribution >= 4 is 5.91 Å². The van der Waals surface area contributed by atoms with E-state index in [0.29, 0.717) is 6.42 Å². The number of carbonyl (C=O) groups excluding carboxylic acids is 1. The maximum atomic E-state index is 13.7. The fraction of sp³-hybridized carbons (Fsp3) is 0.278. The fourth-order valence-corrected chi connectivity index (χ4v) is 2.42. The highest BCUT2D eigenvalue weighted by Gasteiger charge is 2.17. The summed E-state index contributed by atoms with van der Waals surface area (Å²) < 4.78 is 18.9. The van der Waals surface area contributed by atoms with Gasteiger partial charge >= 0.3 is 0 Å². The quantitative estimate of drug-likeness (QED) is 0.905. The van der Waals surface area contributed by atoms with Crippen LogP contribution < -0.4 is 10.1 Å². The Hall–Kier alpha value is -2.36. The molecule has 0 aromatic heterocycles. The number of amides is 1. The Balaban J connectivity index is 2.21. The van der Waals surface area contributed by atoms with E-state index >= 15 is 0 Å². The smallest absolute Gasteiger partial charge is 0.254 e. The Labute approximate surface area is 130 Å². The van der Waals surface area contributed by atoms with E-state index in [1.165, 1.54) is 12.1 Å². The van der Waals surface area contributed by atoms with Gasteiger partial charge in [-0.2, -0.15) is 0 Å². The number of halogens is 1. The number of hydrogen-bond acceptors (Lipinski definition) is 2. The van der Waals surface area contributed by atoms with Crippen molar-refractivity contribution in [2.24, 2.45) is 0 Å². The highest BCUT2D eigenvalue weighted by molar-refractivity contribution is 5.94. The fourth-order valence-electron chi connectivity index (χ4n) is 2.42. The van der Waals surface area contributed by atoms with Crippen molar-refractivity contribution < 1.29 is 13.9 Å². The molecule has 1 N–H and O–H groups in total. The van der Waals surface area contributed by atoms with Gasteiger partial charge in [-0.15, -0.1) is 0 Å². The third-order valence-corrected chi connectivity index (χ3v) is 3.65. The van der Waals surface area contributed by atoms with E-state index in [0.717, 1.165) is 16.9 Å². The highest BCUT2D eigenvalue weighted by atomic mass is 19.1. The summed E-state index contributed by atoms with van der Waals surface area (Å²) in [6.45, 7) is 3.93. The van der Waals surface area contributed by atoms with Gasteiger partial charge in [0.15, 0.2) is 0 Å². The van der Waals surface area contributed by atoms with Crippen LogP contribution in [0.2, 0.25) is 0 Å². The van der Waals surface area contributed by atoms with Gasteiger partial charge in [-0.25, -0.2) is 4.39 Å². The Morgan fingerprint density at radius 3 is 2.59 bits per heavy atom. The van der Waals surface area contributed by atoms with Gasteiger partial charge in [0.05, 0.1) is 18.7 Å². The molecule has 0 spiro atoms. The van der Waals surface area contributed by atoms with Crippen molar-refractivity contribution in [3.8, 4) is 5.75 Å². The average Bonchev–Trinajstić information content (AvgIpc) is 2.52. The Kier molecular flexibility index (Phi) is 5.15. The van der Waals surface area contributed by atoms with Gasteiger partial charge in [0.1, 0.15) is 11.6 Å². The second-order valence-corrected chi connectivity index (χ2v) is 5.14. The van der Waals surface area contributed by atoms with Crippen molar-refractivity contribution in [2.45, 2.75) is 26.3 Å². The number of carbonyl (C=O) groups is 1. The summed E-state index contributed by atoms with van der Waals surface area (Å²) in [5.41, 5.74) is 2.04. The van der Waals surface area contributed by atoms with Crippen LogP contribution >= 0.6 is 0 Å². The number of nitrogens with one attached hydrogen (secondary N) is 1. The number of methoxy groups -OCH3 is 1. The third kappa shape index (κ3) is 3.45. The predicted molar refractivity (Wildman–Crippen MR) is 84.6 cm³/mol. The lowest BCUT2D eigenvalue weighted by Gasteiger charge is -2.19. The first kappa shape index (κ1) is 16.0. The zero-order valence-corrected chi connectivity index (χ0v) is 13.0. The first-order valence-electron chi connectivity index (χ1n) is 7.26. The first-order chi connectivity index (χ1) is 10.6. The topological polar surface area (TPSA) is 38.3 Å². The molecule has 0 saturated heterocycles. The molecule has 0 aliphatic heterocycles. The van der Waals surface area contributed by atoms with Crippen LogP contribution in [0, 0.1) is 12.7 Å². The number of rotatable bonds is 5. The molecular weight excluding hydrogens is 281 g/mol. The van der Waals surface area contributed by atoms with Crippen LogP contribution in [0.4, 0.5) is 4.39 Å². The molecule has 0 bridgehead atoms. The molecule has 2 aromatic carbocycles. The molecule has 116 valence electrons. The summed E-state index contributed by atoms with van der Waals surface area (Å²) in [5.74, 6) is -0.113. The van der Waals surface area contributed by atoms with E-state index in [1.54, 1.807) is 19.2 Å². The molecule has 0 heterocycles. The second kappa shape index (κ2) is 7.07. The molecule has 22 heavy (non-hydrogen) atoms. The number of ether oxygens (including phenoxy) is 1. The molecule has 2 aromatic rings. The van der Waals surface area contributed by atoms with Crippen LogP contribution in [0.1, 0.15) is 40.9 Å². The van der Waals surface area contributed by atoms with Crippen LogP contribution in [0.5, 0.6) is 5.75 Å². The molecule has 0 aliphatic carbocycles. The SMILES string of the molecule is CCC(NC(=O)c1ccccc1F)c1ccc(OC)c(C)c1. The molecular formula is C18H20FNO2. The number of aryl methyl sites for hydroxylation is 1. The van der Waals surface area contributed by atoms with Crippen LogP contribution in [0.3, 0.4) is 0 Å². The van der Waals surface area contributed by atoms with Crippen molar-refractivity contribution in [1.29, 1.82) is 0 Å². The van der Waals surface area contributed by atoms with Crippen molar-refractivity contribution in [2.75, 3.05) is 7.11 Å². The lowest BCUT2D eigenvalue weighted by Crippen LogP contribution is -2.28. The molecule has 2 rings (SSSR count). The molecule has 1 amide bonds. The summed E-state index contributed by atoms with van der Waals surface area (Å²) in [6, 6.07) is 11.6. The highest BCUT2D eigenvalue weighted by Crippen LogP contribution is 2.24. The lowest BCUT2D eigenvalue weighted by molar-refractivity contribution is 0.0931. The van der Waals surface area contributed by atoms with Crippen LogP contribution in [-0.2, 0) is 0 Å². The molecule has 0 fully saturated rings. The van der Waals surface area contributed by atoms with E-state index < -0.39 is 11.7 Å². The Morgan fingerprint density at radius 1 is 1.27 bits per heavy atom. The minimum Gasteiger partial charge on any atom is -0.496 e. The standard InChI is InChI=1S/C18H20FNO2/c1-4-16(13-9-10-17(22-3)12(2)11-13)20-18(21)14-7-5-6-8-15(14)19/h5-11,16H,4H2,1-3H3,(H,20,21). The summed E-state index contributed by atoms with van der Waals surface area (Å²) >= 11 is 0. The molecule has 1 unspecified atom stereocenters. The van der Waals surface area contributed by atoms with Crippen molar-refractivity contribution in [1.82, 2.24) is 5.32 Å². The van der Waals surface area contributed by atoms with Gasteiger partial charge in [0, 0.05) is 0 Å². The Bertz CT molecular complexity index is 670. The van der Waals surface area contributed by atoms with Gasteiger partial charge in [-0.3, -0.25) is 4.79 Å². The third-order valence-electron chi connectivity index (χ3n) is 3.65. The van der Waals surface area contributed by atoms with Gasteiger partial charge in [-0.1, -0.05) is 31.2 Å². The average molecular weight is 301 g/mol. The molecule has 4 heteroatoms. The Morgan fingerprint density at radius 2 is 2.00 bits per heavy atom. The van der Waals surface area contributed by atoms with Crippen LogP contribution in [0.25, 0.3) is 0 Å². The van der Waals surface area contributed by atoms with Gasteiger partial charge in [0.25, 0.3) is 5.91 Å². The maximum Gasteiger partial charge on any atom is 0.254 e. The van der Waals surface area contributed by atoms with E-state index in [2.05, 4.69) is 5.32 Å². The van der Waals surface area contributed by atoms with Gasteiger partial charge < -0.3 is 10.1 Å². The first-order valence-corrected chi connectivity index (χ1v) is 7.26. The van der Waals surface area contributed by atoms with Crippen molar-refractivity contribution in [3.05, 3.63) is 65.0 Å². The largest absolute Gasteiger partial charge is 0.496 e. The minimum atomic E-state index is -0.513. The zero-order valence-electron chi connectivity index (χ0n) is 13.0. The van der Waals surface area contributed by atoms with Crippen LogP contribution in [0.15, 0.2) is 42.5 Å². The predicted octanol–water partition coefficient (Wildman–Crippen LogP) is 4.02. The monoisotopic (exact) mass is 301 g/mol. The van der Waals surface area contributed by atoms with E-state index in [4.69, 9.17) is 4.74 Å². The van der Waals surface area contributed by atoms with E-state index in [1.807, 2.05) is 32.0 Å². The van der Waals surface area contributed by atoms with Gasteiger partial charge in [-0.05, 0) is 42.7 Å². The number of hydrogen-bond donors (Lipinski definition) is 1. The second-order valence-electron chi connectivity index (χ2n) is 5.14. The molecule has 1 atom stereocenters. The summed E-state index contributed by atoms with van der Waals surface area (Å²) in [6.07, 6.45) is 0.714. The summed E-state index contributed by atoms with van der Waals surface area (Å²) in [7, 11) is 1.62. The summed E-state index contributed by atoms with van der Waals surface area (Å²) in [5, 5.41) is 2.89. The van der Waals surface area contributed by atoms with Crippen molar-refractivity contribution in [3.63, 3.8) is 0 Å². The molecule has 0 aliphatic rings. The molecule has 3 nitrogen and oxygen atoms in total. The van der Waals surface area contributed by atoms with E-state index in [9.17, 15) is 9.18 Å². The summed E-state index contributed by atoms with van der Waals surface area (Å²) in [4.78, 5) is 12.2. The van der Waals surface area contributed by atoms with Crippen LogP contribution in [-0.4, -0.2) is 13.0 Å². The lowest BCUT2D eigenvalue weighted by atomic mass is 10.0. The zero-order chi connectivity index (χ0) is 16.1. The van der Waals surface area contributed by atoms with E-state index in [-0.39, 0.29) is 11.6 Å². The molecule has 0 saturated carbocycles. The minimum absolute atomic E-state index is 0.0613.